The fraction of sp³-hybridized carbons (Fsp3) is 0.200. The molecular weight excluding hydrogens is 409 g/mol. The van der Waals surface area contributed by atoms with Gasteiger partial charge < -0.3 is 19.4 Å². The van der Waals surface area contributed by atoms with Crippen molar-refractivity contribution >= 4 is 16.9 Å². The Kier molecular flexibility index (Phi) is 6.65. The molecule has 1 aromatic heterocycles. The highest BCUT2D eigenvalue weighted by atomic mass is 19.1. The SMILES string of the molecule is COc1ccccc1OCCCn1c(CNC(=O)c2ccc(F)cc2)nc2ccccc21. The molecule has 1 amide bonds. The van der Waals surface area contributed by atoms with E-state index in [1.165, 1.54) is 24.3 Å². The molecule has 0 atom stereocenters. The number of nitrogens with one attached hydrogen (secondary N) is 1. The first-order chi connectivity index (χ1) is 15.7. The fourth-order valence-electron chi connectivity index (χ4n) is 3.52. The van der Waals surface area contributed by atoms with Crippen LogP contribution in [0.2, 0.25) is 0 Å². The Morgan fingerprint density at radius 3 is 2.50 bits per heavy atom. The second kappa shape index (κ2) is 9.96. The summed E-state index contributed by atoms with van der Waals surface area (Å²) in [4.78, 5) is 17.1. The summed E-state index contributed by atoms with van der Waals surface area (Å²) in [5.74, 6) is 1.50. The molecule has 0 aliphatic carbocycles. The molecular formula is C25H24FN3O3. The number of hydrogen-bond acceptors (Lipinski definition) is 4. The van der Waals surface area contributed by atoms with Crippen LogP contribution in [0.4, 0.5) is 4.39 Å². The molecule has 4 rings (SSSR count). The van der Waals surface area contributed by atoms with Gasteiger partial charge in [0.15, 0.2) is 11.5 Å². The number of carbonyl (C=O) groups is 1. The number of carbonyl (C=O) groups excluding carboxylic acids is 1. The molecule has 0 fully saturated rings. The van der Waals surface area contributed by atoms with E-state index in [9.17, 15) is 9.18 Å². The lowest BCUT2D eigenvalue weighted by atomic mass is 10.2. The van der Waals surface area contributed by atoms with Gasteiger partial charge >= 0.3 is 0 Å². The van der Waals surface area contributed by atoms with Crippen LogP contribution in [0.25, 0.3) is 11.0 Å². The molecule has 6 nitrogen and oxygen atoms in total. The molecule has 0 spiro atoms. The highest BCUT2D eigenvalue weighted by molar-refractivity contribution is 5.94. The van der Waals surface area contributed by atoms with Crippen molar-refractivity contribution in [1.29, 1.82) is 0 Å². The number of hydrogen-bond donors (Lipinski definition) is 1. The first kappa shape index (κ1) is 21.4. The standard InChI is InChI=1S/C25H24FN3O3/c1-31-22-9-4-5-10-23(22)32-16-6-15-29-21-8-3-2-7-20(21)28-24(29)17-27-25(30)18-11-13-19(26)14-12-18/h2-5,7-14H,6,15-17H2,1H3,(H,27,30). The maximum Gasteiger partial charge on any atom is 0.251 e. The maximum atomic E-state index is 13.1. The predicted molar refractivity (Wildman–Crippen MR) is 120 cm³/mol. The van der Waals surface area contributed by atoms with Crippen molar-refractivity contribution in [2.45, 2.75) is 19.5 Å². The minimum atomic E-state index is -0.376. The highest BCUT2D eigenvalue weighted by Gasteiger charge is 2.13. The first-order valence-corrected chi connectivity index (χ1v) is 10.4. The van der Waals surface area contributed by atoms with E-state index in [4.69, 9.17) is 9.47 Å². The molecule has 0 saturated heterocycles. The van der Waals surface area contributed by atoms with Crippen LogP contribution in [0.15, 0.2) is 72.8 Å². The molecule has 0 radical (unpaired) electrons. The van der Waals surface area contributed by atoms with E-state index in [-0.39, 0.29) is 18.3 Å². The topological polar surface area (TPSA) is 65.4 Å². The van der Waals surface area contributed by atoms with Gasteiger partial charge in [-0.1, -0.05) is 24.3 Å². The fourth-order valence-corrected chi connectivity index (χ4v) is 3.52. The second-order valence-corrected chi connectivity index (χ2v) is 7.21. The molecule has 4 aromatic rings. The molecule has 1 heterocycles. The highest BCUT2D eigenvalue weighted by Crippen LogP contribution is 2.26. The Balaban J connectivity index is 1.43. The summed E-state index contributed by atoms with van der Waals surface area (Å²) in [5, 5.41) is 2.87. The van der Waals surface area contributed by atoms with Crippen LogP contribution in [0.3, 0.4) is 0 Å². The predicted octanol–water partition coefficient (Wildman–Crippen LogP) is 4.58. The van der Waals surface area contributed by atoms with Gasteiger partial charge in [-0.25, -0.2) is 9.37 Å². The van der Waals surface area contributed by atoms with E-state index >= 15 is 0 Å². The number of halogens is 1. The zero-order valence-corrected chi connectivity index (χ0v) is 17.8. The zero-order chi connectivity index (χ0) is 22.3. The van der Waals surface area contributed by atoms with Crippen LogP contribution in [0, 0.1) is 5.82 Å². The van der Waals surface area contributed by atoms with E-state index in [1.54, 1.807) is 7.11 Å². The number of para-hydroxylation sites is 4. The van der Waals surface area contributed by atoms with Crippen molar-refractivity contribution in [3.63, 3.8) is 0 Å². The van der Waals surface area contributed by atoms with Gasteiger partial charge in [0.2, 0.25) is 0 Å². The Morgan fingerprint density at radius 2 is 1.72 bits per heavy atom. The third-order valence-electron chi connectivity index (χ3n) is 5.10. The van der Waals surface area contributed by atoms with E-state index in [2.05, 4.69) is 14.9 Å². The molecule has 0 bridgehead atoms. The minimum Gasteiger partial charge on any atom is -0.493 e. The molecule has 0 saturated carbocycles. The van der Waals surface area contributed by atoms with Gasteiger partial charge in [-0.05, 0) is 55.0 Å². The lowest BCUT2D eigenvalue weighted by Gasteiger charge is -2.12. The summed E-state index contributed by atoms with van der Waals surface area (Å²) in [6.07, 6.45) is 0.747. The minimum absolute atomic E-state index is 0.262. The number of rotatable bonds is 9. The van der Waals surface area contributed by atoms with Gasteiger partial charge in [-0.3, -0.25) is 4.79 Å². The number of methoxy groups -OCH3 is 1. The number of fused-ring (bicyclic) bond motifs is 1. The van der Waals surface area contributed by atoms with E-state index in [0.29, 0.717) is 30.2 Å². The van der Waals surface area contributed by atoms with Crippen LogP contribution < -0.4 is 14.8 Å². The van der Waals surface area contributed by atoms with Gasteiger partial charge in [-0.2, -0.15) is 0 Å². The average Bonchev–Trinajstić information content (AvgIpc) is 3.18. The van der Waals surface area contributed by atoms with Gasteiger partial charge in [-0.15, -0.1) is 0 Å². The van der Waals surface area contributed by atoms with Gasteiger partial charge in [0, 0.05) is 12.1 Å². The second-order valence-electron chi connectivity index (χ2n) is 7.21. The Labute approximate surface area is 185 Å². The van der Waals surface area contributed by atoms with Crippen molar-refractivity contribution in [1.82, 2.24) is 14.9 Å². The van der Waals surface area contributed by atoms with E-state index in [0.717, 1.165) is 23.3 Å². The molecule has 1 N–H and O–H groups in total. The largest absolute Gasteiger partial charge is 0.493 e. The molecule has 3 aromatic carbocycles. The molecule has 0 unspecified atom stereocenters. The van der Waals surface area contributed by atoms with Crippen molar-refractivity contribution in [3.05, 3.63) is 90.0 Å². The van der Waals surface area contributed by atoms with Gasteiger partial charge in [0.1, 0.15) is 11.6 Å². The third-order valence-corrected chi connectivity index (χ3v) is 5.10. The summed E-state index contributed by atoms with van der Waals surface area (Å²) in [6, 6.07) is 20.9. The maximum absolute atomic E-state index is 13.1. The van der Waals surface area contributed by atoms with Crippen LogP contribution in [-0.4, -0.2) is 29.2 Å². The van der Waals surface area contributed by atoms with Gasteiger partial charge in [0.05, 0.1) is 31.3 Å². The average molecular weight is 433 g/mol. The van der Waals surface area contributed by atoms with E-state index in [1.807, 2.05) is 48.5 Å². The summed E-state index contributed by atoms with van der Waals surface area (Å²) in [6.45, 7) is 1.45. The Hall–Kier alpha value is -3.87. The van der Waals surface area contributed by atoms with Crippen LogP contribution in [-0.2, 0) is 13.1 Å². The van der Waals surface area contributed by atoms with Crippen molar-refractivity contribution in [3.8, 4) is 11.5 Å². The number of imidazole rings is 1. The van der Waals surface area contributed by atoms with Crippen molar-refractivity contribution in [2.75, 3.05) is 13.7 Å². The summed E-state index contributed by atoms with van der Waals surface area (Å²) < 4.78 is 26.4. The van der Waals surface area contributed by atoms with Crippen LogP contribution in [0.5, 0.6) is 11.5 Å². The van der Waals surface area contributed by atoms with E-state index < -0.39 is 0 Å². The van der Waals surface area contributed by atoms with Crippen LogP contribution >= 0.6 is 0 Å². The quantitative estimate of drug-likeness (QED) is 0.392. The lowest BCUT2D eigenvalue weighted by molar-refractivity contribution is 0.0949. The molecule has 164 valence electrons. The Bertz CT molecular complexity index is 1200. The summed E-state index contributed by atoms with van der Waals surface area (Å²) in [7, 11) is 1.62. The first-order valence-electron chi connectivity index (χ1n) is 10.4. The number of aryl methyl sites for hydroxylation is 1. The van der Waals surface area contributed by atoms with Crippen molar-refractivity contribution < 1.29 is 18.7 Å². The monoisotopic (exact) mass is 433 g/mol. The zero-order valence-electron chi connectivity index (χ0n) is 17.8. The molecule has 32 heavy (non-hydrogen) atoms. The number of ether oxygens (including phenoxy) is 2. The van der Waals surface area contributed by atoms with Gasteiger partial charge in [0.25, 0.3) is 5.91 Å². The third kappa shape index (κ3) is 4.88. The lowest BCUT2D eigenvalue weighted by Crippen LogP contribution is -2.25. The van der Waals surface area contributed by atoms with Crippen LogP contribution in [0.1, 0.15) is 22.6 Å². The smallest absolute Gasteiger partial charge is 0.251 e. The van der Waals surface area contributed by atoms with Crippen molar-refractivity contribution in [2.24, 2.45) is 0 Å². The summed E-state index contributed by atoms with van der Waals surface area (Å²) in [5.41, 5.74) is 2.26. The Morgan fingerprint density at radius 1 is 1.00 bits per heavy atom. The number of aromatic nitrogens is 2. The number of nitrogens with zero attached hydrogens (tertiary/aromatic N) is 2. The molecule has 0 aliphatic rings. The number of benzene rings is 3. The number of amides is 1. The summed E-state index contributed by atoms with van der Waals surface area (Å²) >= 11 is 0. The molecule has 7 heteroatoms. The normalized spacial score (nSPS) is 10.8. The molecule has 0 aliphatic heterocycles.